The first-order chi connectivity index (χ1) is 11.3. The molecule has 1 aliphatic rings. The zero-order chi connectivity index (χ0) is 17.5. The minimum Gasteiger partial charge on any atom is -0.207 e. The number of benzene rings is 2. The van der Waals surface area contributed by atoms with E-state index in [1.165, 1.54) is 10.4 Å². The molecule has 1 heterocycles. The summed E-state index contributed by atoms with van der Waals surface area (Å²) in [7, 11) is -3.66. The number of aryl methyl sites for hydroxylation is 3. The molecule has 1 aliphatic heterocycles. The number of hydrogen-bond donors (Lipinski definition) is 0. The van der Waals surface area contributed by atoms with E-state index in [1.54, 1.807) is 24.3 Å². The fraction of sp³-hybridized carbons (Fsp3) is 0.368. The molecule has 0 radical (unpaired) electrons. The van der Waals surface area contributed by atoms with E-state index in [0.717, 1.165) is 23.1 Å². The van der Waals surface area contributed by atoms with Gasteiger partial charge in [-0.05, 0) is 62.4 Å². The van der Waals surface area contributed by atoms with Crippen molar-refractivity contribution >= 4 is 10.0 Å². The van der Waals surface area contributed by atoms with Crippen LogP contribution in [0.4, 0.5) is 4.39 Å². The summed E-state index contributed by atoms with van der Waals surface area (Å²) < 4.78 is 42.1. The Morgan fingerprint density at radius 1 is 1.04 bits per heavy atom. The van der Waals surface area contributed by atoms with Crippen LogP contribution < -0.4 is 0 Å². The molecule has 0 spiro atoms. The number of hydrogen-bond acceptors (Lipinski definition) is 2. The smallest absolute Gasteiger partial charge is 0.207 e. The Hall–Kier alpha value is -1.72. The second-order valence-corrected chi connectivity index (χ2v) is 8.36. The van der Waals surface area contributed by atoms with E-state index in [4.69, 9.17) is 0 Å². The van der Waals surface area contributed by atoms with Gasteiger partial charge >= 0.3 is 0 Å². The van der Waals surface area contributed by atoms with Crippen LogP contribution >= 0.6 is 0 Å². The van der Waals surface area contributed by atoms with E-state index in [9.17, 15) is 12.8 Å². The van der Waals surface area contributed by atoms with Crippen LogP contribution in [0.5, 0.6) is 0 Å². The Labute approximate surface area is 143 Å². The maximum atomic E-state index is 14.2. The predicted octanol–water partition coefficient (Wildman–Crippen LogP) is 4.28. The minimum absolute atomic E-state index is 0.328. The summed E-state index contributed by atoms with van der Waals surface area (Å²) in [5, 5.41) is 0. The van der Waals surface area contributed by atoms with Crippen molar-refractivity contribution in [2.45, 2.75) is 44.6 Å². The van der Waals surface area contributed by atoms with Crippen molar-refractivity contribution in [2.75, 3.05) is 6.54 Å². The second-order valence-electron chi connectivity index (χ2n) is 6.50. The first-order valence-corrected chi connectivity index (χ1v) is 9.60. The third kappa shape index (κ3) is 2.87. The molecule has 2 aromatic carbocycles. The summed E-state index contributed by atoms with van der Waals surface area (Å²) in [6.07, 6.45) is 1.38. The molecule has 0 N–H and O–H groups in total. The summed E-state index contributed by atoms with van der Waals surface area (Å²) in [5.41, 5.74) is 3.21. The van der Waals surface area contributed by atoms with Crippen molar-refractivity contribution in [3.8, 4) is 0 Å². The van der Waals surface area contributed by atoms with Crippen LogP contribution in [0.2, 0.25) is 0 Å². The van der Waals surface area contributed by atoms with Gasteiger partial charge in [0.15, 0.2) is 0 Å². The van der Waals surface area contributed by atoms with E-state index in [2.05, 4.69) is 0 Å². The molecule has 0 saturated carbocycles. The van der Waals surface area contributed by atoms with Gasteiger partial charge in [0.1, 0.15) is 5.82 Å². The fourth-order valence-electron chi connectivity index (χ4n) is 3.42. The van der Waals surface area contributed by atoms with E-state index in [0.29, 0.717) is 23.4 Å². The van der Waals surface area contributed by atoms with Gasteiger partial charge in [-0.3, -0.25) is 0 Å². The summed E-state index contributed by atoms with van der Waals surface area (Å²) in [6.45, 7) is 6.12. The Kier molecular flexibility index (Phi) is 4.49. The lowest BCUT2D eigenvalue weighted by Crippen LogP contribution is -2.31. The monoisotopic (exact) mass is 347 g/mol. The van der Waals surface area contributed by atoms with Crippen molar-refractivity contribution in [2.24, 2.45) is 0 Å². The van der Waals surface area contributed by atoms with Crippen molar-refractivity contribution < 1.29 is 12.8 Å². The van der Waals surface area contributed by atoms with E-state index >= 15 is 0 Å². The van der Waals surface area contributed by atoms with Crippen LogP contribution in [0.3, 0.4) is 0 Å². The summed E-state index contributed by atoms with van der Waals surface area (Å²) >= 11 is 0. The number of nitrogens with zero attached hydrogens (tertiary/aromatic N) is 1. The van der Waals surface area contributed by atoms with Crippen LogP contribution in [0.15, 0.2) is 41.3 Å². The van der Waals surface area contributed by atoms with Gasteiger partial charge in [-0.25, -0.2) is 12.8 Å². The normalized spacial score (nSPS) is 18.9. The molecule has 1 fully saturated rings. The van der Waals surface area contributed by atoms with Crippen molar-refractivity contribution in [1.29, 1.82) is 0 Å². The Morgan fingerprint density at radius 2 is 1.71 bits per heavy atom. The minimum atomic E-state index is -3.66. The number of rotatable bonds is 3. The fourth-order valence-corrected chi connectivity index (χ4v) is 5.39. The third-order valence-electron chi connectivity index (χ3n) is 4.85. The second kappa shape index (κ2) is 6.30. The molecule has 3 rings (SSSR count). The van der Waals surface area contributed by atoms with Gasteiger partial charge in [-0.1, -0.05) is 24.3 Å². The summed E-state index contributed by atoms with van der Waals surface area (Å²) in [5.74, 6) is -0.346. The molecule has 0 unspecified atom stereocenters. The highest BCUT2D eigenvalue weighted by molar-refractivity contribution is 7.89. The molecular formula is C19H22FNO2S. The number of sulfonamides is 1. The van der Waals surface area contributed by atoms with Crippen LogP contribution in [0.1, 0.15) is 41.1 Å². The molecule has 128 valence electrons. The SMILES string of the molecule is Cc1cc(C)c(S(=O)(=O)N2CCC[C@@H]2c2ccccc2F)cc1C. The summed E-state index contributed by atoms with van der Waals surface area (Å²) in [4.78, 5) is 0.328. The van der Waals surface area contributed by atoms with Gasteiger partial charge in [0.05, 0.1) is 10.9 Å². The molecular weight excluding hydrogens is 325 g/mol. The first-order valence-electron chi connectivity index (χ1n) is 8.16. The van der Waals surface area contributed by atoms with Gasteiger partial charge in [-0.2, -0.15) is 4.31 Å². The molecule has 1 atom stereocenters. The van der Waals surface area contributed by atoms with Gasteiger partial charge in [-0.15, -0.1) is 0 Å². The van der Waals surface area contributed by atoms with Crippen LogP contribution in [-0.4, -0.2) is 19.3 Å². The van der Waals surface area contributed by atoms with Crippen molar-refractivity contribution in [1.82, 2.24) is 4.31 Å². The van der Waals surface area contributed by atoms with Gasteiger partial charge in [0.2, 0.25) is 10.0 Å². The predicted molar refractivity (Wildman–Crippen MR) is 92.9 cm³/mol. The molecule has 2 aromatic rings. The molecule has 0 amide bonds. The van der Waals surface area contributed by atoms with Crippen LogP contribution in [-0.2, 0) is 10.0 Å². The topological polar surface area (TPSA) is 37.4 Å². The van der Waals surface area contributed by atoms with Crippen LogP contribution in [0.25, 0.3) is 0 Å². The summed E-state index contributed by atoms with van der Waals surface area (Å²) in [6, 6.07) is 9.65. The highest BCUT2D eigenvalue weighted by atomic mass is 32.2. The first kappa shape index (κ1) is 17.1. The van der Waals surface area contributed by atoms with Crippen molar-refractivity contribution in [3.05, 3.63) is 64.5 Å². The van der Waals surface area contributed by atoms with E-state index in [1.807, 2.05) is 26.8 Å². The zero-order valence-corrected chi connectivity index (χ0v) is 15.0. The average molecular weight is 347 g/mol. The lowest BCUT2D eigenvalue weighted by molar-refractivity contribution is 0.386. The Bertz CT molecular complexity index is 877. The maximum Gasteiger partial charge on any atom is 0.243 e. The average Bonchev–Trinajstić information content (AvgIpc) is 3.01. The molecule has 0 bridgehead atoms. The largest absolute Gasteiger partial charge is 0.243 e. The van der Waals surface area contributed by atoms with E-state index < -0.39 is 16.1 Å². The quantitative estimate of drug-likeness (QED) is 0.831. The standard InChI is InChI=1S/C19H22FNO2S/c1-13-11-15(3)19(12-14(13)2)24(22,23)21-10-6-9-18(21)16-7-4-5-8-17(16)20/h4-5,7-8,11-12,18H,6,9-10H2,1-3H3/t18-/m1/s1. The number of halogens is 1. The van der Waals surface area contributed by atoms with Crippen LogP contribution in [0, 0.1) is 26.6 Å². The highest BCUT2D eigenvalue weighted by Gasteiger charge is 2.38. The Morgan fingerprint density at radius 3 is 2.42 bits per heavy atom. The van der Waals surface area contributed by atoms with E-state index in [-0.39, 0.29) is 5.82 Å². The molecule has 5 heteroatoms. The van der Waals surface area contributed by atoms with Gasteiger partial charge in [0.25, 0.3) is 0 Å². The molecule has 0 aromatic heterocycles. The third-order valence-corrected chi connectivity index (χ3v) is 6.90. The van der Waals surface area contributed by atoms with Gasteiger partial charge in [0, 0.05) is 12.1 Å². The highest BCUT2D eigenvalue weighted by Crippen LogP contribution is 2.38. The lowest BCUT2D eigenvalue weighted by Gasteiger charge is -2.26. The van der Waals surface area contributed by atoms with Crippen molar-refractivity contribution in [3.63, 3.8) is 0 Å². The molecule has 24 heavy (non-hydrogen) atoms. The molecule has 3 nitrogen and oxygen atoms in total. The van der Waals surface area contributed by atoms with Gasteiger partial charge < -0.3 is 0 Å². The Balaban J connectivity index is 2.06. The molecule has 1 saturated heterocycles. The maximum absolute atomic E-state index is 14.2. The lowest BCUT2D eigenvalue weighted by atomic mass is 10.1. The zero-order valence-electron chi connectivity index (χ0n) is 14.2. The molecule has 0 aliphatic carbocycles.